The summed E-state index contributed by atoms with van der Waals surface area (Å²) in [6.45, 7) is 7.98. The van der Waals surface area contributed by atoms with Gasteiger partial charge in [0.05, 0.1) is 11.3 Å². The summed E-state index contributed by atoms with van der Waals surface area (Å²) in [6.07, 6.45) is -0.661. The molecule has 0 atom stereocenters. The number of allylic oxidation sites excluding steroid dienone is 3. The number of benzene rings is 2. The topological polar surface area (TPSA) is 12.0 Å². The molecule has 0 aliphatic heterocycles. The van der Waals surface area contributed by atoms with Crippen LogP contribution in [-0.4, -0.2) is 0 Å². The third-order valence-corrected chi connectivity index (χ3v) is 5.12. The Morgan fingerprint density at radius 1 is 1.19 bits per heavy atom. The van der Waals surface area contributed by atoms with Gasteiger partial charge in [-0.3, -0.25) is 0 Å². The molecule has 0 radical (unpaired) electrons. The Bertz CT molecular complexity index is 826. The molecule has 0 aromatic heterocycles. The van der Waals surface area contributed by atoms with Gasteiger partial charge in [-0.15, -0.1) is 0 Å². The minimum Gasteiger partial charge on any atom is -0.325 e. The van der Waals surface area contributed by atoms with E-state index in [0.717, 1.165) is 46.9 Å². The predicted molar refractivity (Wildman–Crippen MR) is 110 cm³/mol. The van der Waals surface area contributed by atoms with Crippen molar-refractivity contribution in [2.45, 2.75) is 37.8 Å². The van der Waals surface area contributed by atoms with Crippen LogP contribution in [0.25, 0.3) is 5.57 Å². The van der Waals surface area contributed by atoms with Crippen molar-refractivity contribution in [3.05, 3.63) is 76.8 Å². The van der Waals surface area contributed by atoms with E-state index < -0.39 is 11.7 Å². The molecule has 0 unspecified atom stereocenters. The van der Waals surface area contributed by atoms with E-state index in [1.165, 1.54) is 17.7 Å². The van der Waals surface area contributed by atoms with E-state index in [1.54, 1.807) is 0 Å². The van der Waals surface area contributed by atoms with Gasteiger partial charge in [0.2, 0.25) is 0 Å². The van der Waals surface area contributed by atoms with Gasteiger partial charge in [0.1, 0.15) is 0 Å². The van der Waals surface area contributed by atoms with Crippen LogP contribution in [0.2, 0.25) is 5.02 Å². The first-order valence-electron chi connectivity index (χ1n) is 8.48. The summed E-state index contributed by atoms with van der Waals surface area (Å²) in [6, 6.07) is 11.4. The summed E-state index contributed by atoms with van der Waals surface area (Å²) in [5.41, 5.74) is 2.66. The fourth-order valence-corrected chi connectivity index (χ4v) is 3.47. The first-order valence-corrected chi connectivity index (χ1v) is 9.68. The third-order valence-electron chi connectivity index (χ3n) is 4.05. The van der Waals surface area contributed by atoms with Gasteiger partial charge in [-0.05, 0) is 72.3 Å². The molecule has 0 heterocycles. The molecule has 2 rings (SSSR count). The summed E-state index contributed by atoms with van der Waals surface area (Å²) in [5, 5.41) is 0.0510. The second-order valence-corrected chi connectivity index (χ2v) is 7.35. The van der Waals surface area contributed by atoms with E-state index in [9.17, 15) is 13.2 Å². The van der Waals surface area contributed by atoms with Gasteiger partial charge in [0, 0.05) is 9.92 Å². The molecule has 0 spiro atoms. The monoisotopic (exact) mass is 411 g/mol. The Hall–Kier alpha value is -1.85. The maximum absolute atomic E-state index is 13.2. The van der Waals surface area contributed by atoms with Crippen LogP contribution in [0.4, 0.5) is 18.9 Å². The fourth-order valence-electron chi connectivity index (χ4n) is 2.62. The lowest BCUT2D eigenvalue weighted by atomic mass is 9.97. The van der Waals surface area contributed by atoms with Crippen LogP contribution in [0.15, 0.2) is 65.6 Å². The van der Waals surface area contributed by atoms with Crippen LogP contribution in [0.1, 0.15) is 37.8 Å². The molecule has 0 amide bonds. The molecule has 2 aromatic rings. The molecular weight excluding hydrogens is 391 g/mol. The van der Waals surface area contributed by atoms with Gasteiger partial charge in [0.15, 0.2) is 0 Å². The molecular formula is C21H21ClF3NS. The molecule has 0 saturated heterocycles. The third kappa shape index (κ3) is 5.81. The first-order chi connectivity index (χ1) is 12.8. The zero-order valence-electron chi connectivity index (χ0n) is 15.2. The quantitative estimate of drug-likeness (QED) is 0.363. The lowest BCUT2D eigenvalue weighted by Gasteiger charge is -2.15. The van der Waals surface area contributed by atoms with Gasteiger partial charge < -0.3 is 4.72 Å². The Labute approximate surface area is 167 Å². The zero-order valence-corrected chi connectivity index (χ0v) is 16.7. The van der Waals surface area contributed by atoms with Gasteiger partial charge in [-0.2, -0.15) is 13.2 Å². The molecule has 0 aliphatic carbocycles. The van der Waals surface area contributed by atoms with Gasteiger partial charge in [-0.1, -0.05) is 49.7 Å². The average Bonchev–Trinajstić information content (AvgIpc) is 2.64. The SMILES string of the molecule is C=C/C(C)=C(\CCC)c1ccc(SNc2ccc(Cl)cc2C(F)(F)F)cc1. The molecule has 0 bridgehead atoms. The highest BCUT2D eigenvalue weighted by Gasteiger charge is 2.33. The van der Waals surface area contributed by atoms with E-state index in [-0.39, 0.29) is 10.7 Å². The van der Waals surface area contributed by atoms with Crippen molar-refractivity contribution >= 4 is 34.8 Å². The summed E-state index contributed by atoms with van der Waals surface area (Å²) >= 11 is 6.83. The molecule has 6 heteroatoms. The second kappa shape index (κ2) is 9.38. The maximum Gasteiger partial charge on any atom is 0.418 e. The van der Waals surface area contributed by atoms with E-state index in [2.05, 4.69) is 18.2 Å². The van der Waals surface area contributed by atoms with Crippen LogP contribution in [0.3, 0.4) is 0 Å². The Morgan fingerprint density at radius 3 is 2.41 bits per heavy atom. The average molecular weight is 412 g/mol. The van der Waals surface area contributed by atoms with E-state index in [4.69, 9.17) is 11.6 Å². The van der Waals surface area contributed by atoms with Crippen molar-refractivity contribution < 1.29 is 13.2 Å². The zero-order chi connectivity index (χ0) is 20.0. The molecule has 2 aromatic carbocycles. The van der Waals surface area contributed by atoms with Crippen LogP contribution < -0.4 is 4.72 Å². The number of nitrogens with one attached hydrogen (secondary N) is 1. The number of hydrogen-bond acceptors (Lipinski definition) is 2. The smallest absolute Gasteiger partial charge is 0.325 e. The molecule has 0 aliphatic rings. The number of anilines is 1. The highest BCUT2D eigenvalue weighted by molar-refractivity contribution is 8.00. The molecule has 1 nitrogen and oxygen atoms in total. The predicted octanol–water partition coefficient (Wildman–Crippen LogP) is 8.24. The fraction of sp³-hybridized carbons (Fsp3) is 0.238. The summed E-state index contributed by atoms with van der Waals surface area (Å²) in [7, 11) is 0. The van der Waals surface area contributed by atoms with E-state index in [0.29, 0.717) is 0 Å². The highest BCUT2D eigenvalue weighted by atomic mass is 35.5. The second-order valence-electron chi connectivity index (χ2n) is 6.03. The molecule has 144 valence electrons. The van der Waals surface area contributed by atoms with Crippen molar-refractivity contribution in [2.24, 2.45) is 0 Å². The minimum atomic E-state index is -4.47. The standard InChI is InChI=1S/C21H21ClF3NS/c1-4-6-18(14(3)5-2)15-7-10-17(11-8-15)27-26-20-12-9-16(22)13-19(20)21(23,24)25/h5,7-13,26H,2,4,6H2,1,3H3/b18-14+. The molecule has 0 fully saturated rings. The van der Waals surface area contributed by atoms with Crippen molar-refractivity contribution in [1.29, 1.82) is 0 Å². The normalized spacial score (nSPS) is 12.5. The Balaban J connectivity index is 2.18. The van der Waals surface area contributed by atoms with E-state index in [1.807, 2.05) is 37.3 Å². The van der Waals surface area contributed by atoms with Crippen molar-refractivity contribution in [3.8, 4) is 0 Å². The highest BCUT2D eigenvalue weighted by Crippen LogP contribution is 2.38. The Morgan fingerprint density at radius 2 is 1.85 bits per heavy atom. The van der Waals surface area contributed by atoms with Crippen molar-refractivity contribution in [1.82, 2.24) is 0 Å². The molecule has 1 N–H and O–H groups in total. The Kier molecular flexibility index (Phi) is 7.45. The van der Waals surface area contributed by atoms with Crippen LogP contribution in [0.5, 0.6) is 0 Å². The van der Waals surface area contributed by atoms with Crippen molar-refractivity contribution in [2.75, 3.05) is 4.72 Å². The number of hydrogen-bond donors (Lipinski definition) is 1. The summed E-state index contributed by atoms with van der Waals surface area (Å²) in [5.74, 6) is 0. The van der Waals surface area contributed by atoms with Crippen LogP contribution in [0, 0.1) is 0 Å². The lowest BCUT2D eigenvalue weighted by molar-refractivity contribution is -0.136. The van der Waals surface area contributed by atoms with Gasteiger partial charge >= 0.3 is 6.18 Å². The van der Waals surface area contributed by atoms with Gasteiger partial charge in [0.25, 0.3) is 0 Å². The van der Waals surface area contributed by atoms with Crippen LogP contribution >= 0.6 is 23.5 Å². The maximum atomic E-state index is 13.2. The number of alkyl halides is 3. The largest absolute Gasteiger partial charge is 0.418 e. The first kappa shape index (κ1) is 21.5. The molecule has 27 heavy (non-hydrogen) atoms. The lowest BCUT2D eigenvalue weighted by Crippen LogP contribution is -2.08. The minimum absolute atomic E-state index is 0.0185. The number of halogens is 4. The molecule has 0 saturated carbocycles. The summed E-state index contributed by atoms with van der Waals surface area (Å²) < 4.78 is 42.3. The van der Waals surface area contributed by atoms with Gasteiger partial charge in [-0.25, -0.2) is 0 Å². The number of rotatable bonds is 7. The van der Waals surface area contributed by atoms with Crippen molar-refractivity contribution in [3.63, 3.8) is 0 Å². The summed E-state index contributed by atoms with van der Waals surface area (Å²) in [4.78, 5) is 0.814. The van der Waals surface area contributed by atoms with Crippen LogP contribution in [-0.2, 0) is 6.18 Å². The van der Waals surface area contributed by atoms with E-state index >= 15 is 0 Å².